The number of aryl methyl sites for hydroxylation is 2. The number of carbonyl (C=O) groups is 1. The Labute approximate surface area is 176 Å². The van der Waals surface area contributed by atoms with E-state index < -0.39 is 11.9 Å². The van der Waals surface area contributed by atoms with Crippen molar-refractivity contribution >= 4 is 5.91 Å². The third kappa shape index (κ3) is 3.43. The van der Waals surface area contributed by atoms with Crippen LogP contribution in [0.15, 0.2) is 18.5 Å². The van der Waals surface area contributed by atoms with E-state index in [0.29, 0.717) is 46.9 Å². The molecule has 0 aromatic carbocycles. The number of hydrogen-bond acceptors (Lipinski definition) is 5. The van der Waals surface area contributed by atoms with Crippen LogP contribution in [-0.2, 0) is 33.2 Å². The van der Waals surface area contributed by atoms with Crippen LogP contribution < -0.4 is 4.74 Å². The maximum Gasteiger partial charge on any atom is 0.433 e. The molecular weight excluding hydrogens is 413 g/mol. The number of fused-ring (bicyclic) bond motifs is 1. The molecular formula is C20H21F3N6O2. The summed E-state index contributed by atoms with van der Waals surface area (Å²) in [6.45, 7) is 2.32. The van der Waals surface area contributed by atoms with Gasteiger partial charge in [-0.05, 0) is 19.4 Å². The fourth-order valence-electron chi connectivity index (χ4n) is 4.10. The molecule has 0 aliphatic carbocycles. The minimum atomic E-state index is -4.55. The molecule has 8 nitrogen and oxygen atoms in total. The Bertz CT molecular complexity index is 1160. The van der Waals surface area contributed by atoms with E-state index in [2.05, 4.69) is 15.2 Å². The van der Waals surface area contributed by atoms with Crippen molar-refractivity contribution in [3.05, 3.63) is 46.5 Å². The van der Waals surface area contributed by atoms with E-state index in [1.54, 1.807) is 24.9 Å². The number of hydrogen-bond donors (Lipinski definition) is 0. The van der Waals surface area contributed by atoms with Crippen molar-refractivity contribution in [3.8, 4) is 17.1 Å². The molecule has 0 N–H and O–H groups in total. The number of carbonyl (C=O) groups excluding carboxylic acids is 1. The molecule has 0 radical (unpaired) electrons. The van der Waals surface area contributed by atoms with Gasteiger partial charge in [-0.15, -0.1) is 0 Å². The molecule has 164 valence electrons. The molecule has 1 aliphatic rings. The van der Waals surface area contributed by atoms with Crippen LogP contribution in [0.5, 0.6) is 5.88 Å². The van der Waals surface area contributed by atoms with Crippen LogP contribution in [0.25, 0.3) is 11.3 Å². The highest BCUT2D eigenvalue weighted by molar-refractivity contribution is 5.96. The maximum absolute atomic E-state index is 13.6. The lowest BCUT2D eigenvalue weighted by Crippen LogP contribution is -2.36. The number of methoxy groups -OCH3 is 1. The number of amides is 1. The lowest BCUT2D eigenvalue weighted by atomic mass is 9.99. The molecule has 1 amide bonds. The molecule has 0 bridgehead atoms. The van der Waals surface area contributed by atoms with Gasteiger partial charge in [0.15, 0.2) is 5.69 Å². The van der Waals surface area contributed by atoms with Gasteiger partial charge in [-0.3, -0.25) is 14.2 Å². The van der Waals surface area contributed by atoms with Crippen LogP contribution in [0.4, 0.5) is 13.2 Å². The van der Waals surface area contributed by atoms with E-state index in [1.165, 1.54) is 31.2 Å². The van der Waals surface area contributed by atoms with Crippen LogP contribution in [0.1, 0.15) is 32.9 Å². The Kier molecular flexibility index (Phi) is 4.98. The number of halogens is 3. The van der Waals surface area contributed by atoms with Gasteiger partial charge in [0.1, 0.15) is 0 Å². The number of rotatable bonds is 3. The Morgan fingerprint density at radius 2 is 1.97 bits per heavy atom. The first-order valence-corrected chi connectivity index (χ1v) is 9.56. The van der Waals surface area contributed by atoms with E-state index in [0.717, 1.165) is 4.68 Å². The molecule has 3 aromatic heterocycles. The lowest BCUT2D eigenvalue weighted by molar-refractivity contribution is -0.143. The minimum absolute atomic E-state index is 0.0132. The average Bonchev–Trinajstić information content (AvgIpc) is 3.25. The summed E-state index contributed by atoms with van der Waals surface area (Å²) in [5.41, 5.74) is 1.92. The molecule has 31 heavy (non-hydrogen) atoms. The Morgan fingerprint density at radius 3 is 2.65 bits per heavy atom. The van der Waals surface area contributed by atoms with Crippen LogP contribution in [0, 0.1) is 6.92 Å². The van der Waals surface area contributed by atoms with E-state index in [-0.39, 0.29) is 18.0 Å². The van der Waals surface area contributed by atoms with Crippen molar-refractivity contribution in [2.45, 2.75) is 26.1 Å². The zero-order valence-electron chi connectivity index (χ0n) is 17.5. The first kappa shape index (κ1) is 20.9. The third-order valence-electron chi connectivity index (χ3n) is 5.53. The standard InChI is InChI=1S/C20H21F3N6O2/c1-11-12(5-7-24-18(11)31-4)19(30)29-8-6-13-15(10-29)26-27(2)16(13)14-9-25-28(3)17(14)20(21,22)23/h5,7,9H,6,8,10H2,1-4H3. The predicted octanol–water partition coefficient (Wildman–Crippen LogP) is 2.75. The highest BCUT2D eigenvalue weighted by Crippen LogP contribution is 2.39. The molecule has 11 heteroatoms. The largest absolute Gasteiger partial charge is 0.481 e. The molecule has 0 atom stereocenters. The van der Waals surface area contributed by atoms with E-state index in [4.69, 9.17) is 4.74 Å². The topological polar surface area (TPSA) is 78.1 Å². The van der Waals surface area contributed by atoms with Gasteiger partial charge in [-0.1, -0.05) is 0 Å². The van der Waals surface area contributed by atoms with Gasteiger partial charge < -0.3 is 9.64 Å². The van der Waals surface area contributed by atoms with Gasteiger partial charge in [0.2, 0.25) is 5.88 Å². The SMILES string of the molecule is COc1nccc(C(=O)N2CCc3c(nn(C)c3-c3cnn(C)c3C(F)(F)F)C2)c1C. The fraction of sp³-hybridized carbons (Fsp3) is 0.400. The molecule has 1 aliphatic heterocycles. The molecule has 3 aromatic rings. The summed E-state index contributed by atoms with van der Waals surface area (Å²) < 4.78 is 48.2. The summed E-state index contributed by atoms with van der Waals surface area (Å²) >= 11 is 0. The van der Waals surface area contributed by atoms with Gasteiger partial charge in [-0.25, -0.2) is 4.98 Å². The van der Waals surface area contributed by atoms with Gasteiger partial charge >= 0.3 is 6.18 Å². The number of ether oxygens (including phenoxy) is 1. The number of nitrogens with zero attached hydrogens (tertiary/aromatic N) is 6. The minimum Gasteiger partial charge on any atom is -0.481 e. The predicted molar refractivity (Wildman–Crippen MR) is 104 cm³/mol. The Hall–Kier alpha value is -3.37. The summed E-state index contributed by atoms with van der Waals surface area (Å²) in [5, 5.41) is 8.23. The van der Waals surface area contributed by atoms with Gasteiger partial charge in [0.25, 0.3) is 5.91 Å². The quantitative estimate of drug-likeness (QED) is 0.634. The van der Waals surface area contributed by atoms with Crippen molar-refractivity contribution < 1.29 is 22.7 Å². The summed E-state index contributed by atoms with van der Waals surface area (Å²) in [4.78, 5) is 18.8. The molecule has 0 unspecified atom stereocenters. The van der Waals surface area contributed by atoms with Crippen LogP contribution >= 0.6 is 0 Å². The monoisotopic (exact) mass is 434 g/mol. The van der Waals surface area contributed by atoms with Crippen molar-refractivity contribution in [1.82, 2.24) is 29.4 Å². The fourth-order valence-corrected chi connectivity index (χ4v) is 4.10. The summed E-state index contributed by atoms with van der Waals surface area (Å²) in [6, 6.07) is 1.63. The Morgan fingerprint density at radius 1 is 1.23 bits per heavy atom. The second kappa shape index (κ2) is 7.40. The van der Waals surface area contributed by atoms with Crippen LogP contribution in [-0.4, -0.2) is 49.0 Å². The average molecular weight is 434 g/mol. The van der Waals surface area contributed by atoms with Crippen LogP contribution in [0.3, 0.4) is 0 Å². The first-order valence-electron chi connectivity index (χ1n) is 9.56. The second-order valence-electron chi connectivity index (χ2n) is 7.40. The van der Waals surface area contributed by atoms with E-state index in [1.807, 2.05) is 0 Å². The molecule has 0 fully saturated rings. The summed E-state index contributed by atoms with van der Waals surface area (Å²) in [5.74, 6) is 0.174. The molecule has 0 saturated heterocycles. The normalized spacial score (nSPS) is 14.0. The molecule has 0 saturated carbocycles. The number of pyridine rings is 1. The first-order chi connectivity index (χ1) is 14.6. The molecule has 4 rings (SSSR count). The summed E-state index contributed by atoms with van der Waals surface area (Å²) in [7, 11) is 4.35. The summed E-state index contributed by atoms with van der Waals surface area (Å²) in [6.07, 6.45) is -1.44. The van der Waals surface area contributed by atoms with Gasteiger partial charge in [0.05, 0.1) is 36.8 Å². The smallest absolute Gasteiger partial charge is 0.433 e. The highest BCUT2D eigenvalue weighted by Gasteiger charge is 2.40. The van der Waals surface area contributed by atoms with Crippen molar-refractivity contribution in [2.75, 3.05) is 13.7 Å². The third-order valence-corrected chi connectivity index (χ3v) is 5.53. The van der Waals surface area contributed by atoms with Gasteiger partial charge in [-0.2, -0.15) is 23.4 Å². The van der Waals surface area contributed by atoms with E-state index in [9.17, 15) is 18.0 Å². The molecule has 4 heterocycles. The number of aromatic nitrogens is 5. The maximum atomic E-state index is 13.6. The second-order valence-corrected chi connectivity index (χ2v) is 7.40. The van der Waals surface area contributed by atoms with E-state index >= 15 is 0 Å². The van der Waals surface area contributed by atoms with Crippen molar-refractivity contribution in [1.29, 1.82) is 0 Å². The lowest BCUT2D eigenvalue weighted by Gasteiger charge is -2.27. The Balaban J connectivity index is 1.69. The number of alkyl halides is 3. The van der Waals surface area contributed by atoms with Crippen molar-refractivity contribution in [2.24, 2.45) is 14.1 Å². The zero-order chi connectivity index (χ0) is 22.5. The van der Waals surface area contributed by atoms with Gasteiger partial charge in [0, 0.05) is 43.5 Å². The van der Waals surface area contributed by atoms with Crippen LogP contribution in [0.2, 0.25) is 0 Å². The van der Waals surface area contributed by atoms with Crippen molar-refractivity contribution in [3.63, 3.8) is 0 Å². The highest BCUT2D eigenvalue weighted by atomic mass is 19.4. The zero-order valence-corrected chi connectivity index (χ0v) is 17.5. The molecule has 0 spiro atoms.